The monoisotopic (exact) mass is 244 g/mol. The van der Waals surface area contributed by atoms with E-state index in [4.69, 9.17) is 9.47 Å². The van der Waals surface area contributed by atoms with Crippen molar-refractivity contribution in [1.29, 1.82) is 0 Å². The lowest BCUT2D eigenvalue weighted by Crippen LogP contribution is -2.44. The first kappa shape index (κ1) is 14.4. The number of ether oxygens (including phenoxy) is 2. The lowest BCUT2D eigenvalue weighted by molar-refractivity contribution is -0.148. The fourth-order valence-electron chi connectivity index (χ4n) is 1.76. The summed E-state index contributed by atoms with van der Waals surface area (Å²) in [5.41, 5.74) is 0. The molecule has 0 spiro atoms. The number of morpholine rings is 1. The number of rotatable bonds is 6. The van der Waals surface area contributed by atoms with Gasteiger partial charge >= 0.3 is 5.97 Å². The van der Waals surface area contributed by atoms with Crippen molar-refractivity contribution in [3.63, 3.8) is 0 Å². The largest absolute Gasteiger partial charge is 0.465 e. The molecule has 0 saturated carbocycles. The van der Waals surface area contributed by atoms with Crippen LogP contribution in [0.4, 0.5) is 0 Å². The Morgan fingerprint density at radius 1 is 1.47 bits per heavy atom. The van der Waals surface area contributed by atoms with Crippen LogP contribution in [0.3, 0.4) is 0 Å². The molecule has 5 heteroatoms. The minimum absolute atomic E-state index is 0.142. The number of hydrogen-bond acceptors (Lipinski definition) is 5. The van der Waals surface area contributed by atoms with Crippen molar-refractivity contribution in [3.05, 3.63) is 0 Å². The van der Waals surface area contributed by atoms with Gasteiger partial charge in [-0.15, -0.1) is 0 Å². The van der Waals surface area contributed by atoms with Crippen LogP contribution in [-0.2, 0) is 14.3 Å². The van der Waals surface area contributed by atoms with E-state index in [1.165, 1.54) is 0 Å². The summed E-state index contributed by atoms with van der Waals surface area (Å²) in [6.45, 7) is 9.62. The minimum atomic E-state index is -0.170. The zero-order valence-electron chi connectivity index (χ0n) is 11.1. The van der Waals surface area contributed by atoms with Crippen molar-refractivity contribution in [3.8, 4) is 0 Å². The van der Waals surface area contributed by atoms with Crippen molar-refractivity contribution in [2.24, 2.45) is 0 Å². The SMILES string of the molecule is CCOC(=O)[C@H](C)N(C)CCN1CCOCC1. The normalized spacial score (nSPS) is 19.3. The van der Waals surface area contributed by atoms with E-state index in [-0.39, 0.29) is 12.0 Å². The molecule has 100 valence electrons. The van der Waals surface area contributed by atoms with Crippen LogP contribution in [0.1, 0.15) is 13.8 Å². The van der Waals surface area contributed by atoms with E-state index in [0.29, 0.717) is 6.61 Å². The number of carbonyl (C=O) groups is 1. The van der Waals surface area contributed by atoms with E-state index in [9.17, 15) is 4.79 Å². The molecular weight excluding hydrogens is 220 g/mol. The zero-order chi connectivity index (χ0) is 12.7. The van der Waals surface area contributed by atoms with Gasteiger partial charge < -0.3 is 9.47 Å². The maximum Gasteiger partial charge on any atom is 0.323 e. The van der Waals surface area contributed by atoms with Gasteiger partial charge in [0.2, 0.25) is 0 Å². The Kier molecular flexibility index (Phi) is 6.47. The Bertz CT molecular complexity index is 230. The van der Waals surface area contributed by atoms with Crippen LogP contribution in [0.5, 0.6) is 0 Å². The quantitative estimate of drug-likeness (QED) is 0.625. The van der Waals surface area contributed by atoms with Gasteiger partial charge in [0.15, 0.2) is 0 Å². The third kappa shape index (κ3) is 5.02. The number of nitrogens with zero attached hydrogens (tertiary/aromatic N) is 2. The predicted octanol–water partition coefficient (Wildman–Crippen LogP) is 0.202. The summed E-state index contributed by atoms with van der Waals surface area (Å²) in [5, 5.41) is 0. The van der Waals surface area contributed by atoms with Gasteiger partial charge in [0.1, 0.15) is 6.04 Å². The number of hydrogen-bond donors (Lipinski definition) is 0. The Morgan fingerprint density at radius 2 is 2.12 bits per heavy atom. The van der Waals surface area contributed by atoms with Gasteiger partial charge in [0, 0.05) is 26.2 Å². The molecule has 17 heavy (non-hydrogen) atoms. The molecule has 0 radical (unpaired) electrons. The summed E-state index contributed by atoms with van der Waals surface area (Å²) < 4.78 is 10.3. The Labute approximate surface area is 104 Å². The molecule has 1 fully saturated rings. The summed E-state index contributed by atoms with van der Waals surface area (Å²) in [5.74, 6) is -0.142. The average Bonchev–Trinajstić information content (AvgIpc) is 2.36. The minimum Gasteiger partial charge on any atom is -0.465 e. The highest BCUT2D eigenvalue weighted by molar-refractivity contribution is 5.75. The fourth-order valence-corrected chi connectivity index (χ4v) is 1.76. The van der Waals surface area contributed by atoms with Crippen LogP contribution in [0.15, 0.2) is 0 Å². The predicted molar refractivity (Wildman–Crippen MR) is 66.0 cm³/mol. The van der Waals surface area contributed by atoms with E-state index >= 15 is 0 Å². The topological polar surface area (TPSA) is 42.0 Å². The van der Waals surface area contributed by atoms with Crippen LogP contribution >= 0.6 is 0 Å². The summed E-state index contributed by atoms with van der Waals surface area (Å²) in [6, 6.07) is -0.170. The maximum absolute atomic E-state index is 11.5. The fraction of sp³-hybridized carbons (Fsp3) is 0.917. The molecule has 1 aliphatic heterocycles. The highest BCUT2D eigenvalue weighted by atomic mass is 16.5. The second kappa shape index (κ2) is 7.63. The first-order chi connectivity index (χ1) is 8.15. The van der Waals surface area contributed by atoms with Gasteiger partial charge in [-0.25, -0.2) is 0 Å². The molecular formula is C12H24N2O3. The molecule has 0 aliphatic carbocycles. The van der Waals surface area contributed by atoms with Crippen LogP contribution in [0.2, 0.25) is 0 Å². The molecule has 1 rings (SSSR count). The molecule has 5 nitrogen and oxygen atoms in total. The lowest BCUT2D eigenvalue weighted by Gasteiger charge is -2.30. The average molecular weight is 244 g/mol. The van der Waals surface area contributed by atoms with Gasteiger partial charge in [0.25, 0.3) is 0 Å². The molecule has 0 aromatic heterocycles. The zero-order valence-corrected chi connectivity index (χ0v) is 11.1. The van der Waals surface area contributed by atoms with E-state index in [2.05, 4.69) is 4.90 Å². The van der Waals surface area contributed by atoms with Crippen molar-refractivity contribution in [2.75, 3.05) is 53.0 Å². The molecule has 0 aromatic carbocycles. The van der Waals surface area contributed by atoms with Crippen molar-refractivity contribution in [2.45, 2.75) is 19.9 Å². The number of esters is 1. The second-order valence-electron chi connectivity index (χ2n) is 4.36. The van der Waals surface area contributed by atoms with Gasteiger partial charge in [-0.2, -0.15) is 0 Å². The standard InChI is InChI=1S/C12H24N2O3/c1-4-17-12(15)11(2)13(3)5-6-14-7-9-16-10-8-14/h11H,4-10H2,1-3H3/t11-/m0/s1. The number of likely N-dealkylation sites (N-methyl/N-ethyl adjacent to an activating group) is 1. The summed E-state index contributed by atoms with van der Waals surface area (Å²) in [4.78, 5) is 15.9. The molecule has 0 unspecified atom stereocenters. The molecule has 0 amide bonds. The molecule has 1 saturated heterocycles. The lowest BCUT2D eigenvalue weighted by atomic mass is 10.3. The Balaban J connectivity index is 2.22. The third-order valence-corrected chi connectivity index (χ3v) is 3.16. The van der Waals surface area contributed by atoms with Gasteiger partial charge in [-0.3, -0.25) is 14.6 Å². The highest BCUT2D eigenvalue weighted by Gasteiger charge is 2.19. The molecule has 1 heterocycles. The third-order valence-electron chi connectivity index (χ3n) is 3.16. The number of carbonyl (C=O) groups excluding carboxylic acids is 1. The first-order valence-electron chi connectivity index (χ1n) is 6.32. The van der Waals surface area contributed by atoms with Gasteiger partial charge in [0.05, 0.1) is 19.8 Å². The van der Waals surface area contributed by atoms with Crippen LogP contribution in [0.25, 0.3) is 0 Å². The van der Waals surface area contributed by atoms with Crippen molar-refractivity contribution >= 4 is 5.97 Å². The van der Waals surface area contributed by atoms with Crippen LogP contribution in [0, 0.1) is 0 Å². The molecule has 0 bridgehead atoms. The summed E-state index contributed by atoms with van der Waals surface area (Å²) in [6.07, 6.45) is 0. The van der Waals surface area contributed by atoms with Crippen LogP contribution in [-0.4, -0.2) is 74.9 Å². The molecule has 1 atom stereocenters. The smallest absolute Gasteiger partial charge is 0.323 e. The molecule has 0 aromatic rings. The highest BCUT2D eigenvalue weighted by Crippen LogP contribution is 2.01. The second-order valence-corrected chi connectivity index (χ2v) is 4.36. The van der Waals surface area contributed by atoms with E-state index in [1.807, 2.05) is 25.8 Å². The van der Waals surface area contributed by atoms with Crippen molar-refractivity contribution < 1.29 is 14.3 Å². The van der Waals surface area contributed by atoms with E-state index in [1.54, 1.807) is 0 Å². The molecule has 1 aliphatic rings. The van der Waals surface area contributed by atoms with E-state index < -0.39 is 0 Å². The van der Waals surface area contributed by atoms with Crippen LogP contribution < -0.4 is 0 Å². The summed E-state index contributed by atoms with van der Waals surface area (Å²) >= 11 is 0. The van der Waals surface area contributed by atoms with Gasteiger partial charge in [-0.05, 0) is 20.9 Å². The van der Waals surface area contributed by atoms with Crippen molar-refractivity contribution in [1.82, 2.24) is 9.80 Å². The first-order valence-corrected chi connectivity index (χ1v) is 6.32. The van der Waals surface area contributed by atoms with E-state index in [0.717, 1.165) is 39.4 Å². The molecule has 0 N–H and O–H groups in total. The summed E-state index contributed by atoms with van der Waals surface area (Å²) in [7, 11) is 1.96. The Hall–Kier alpha value is -0.650. The Morgan fingerprint density at radius 3 is 2.71 bits per heavy atom. The maximum atomic E-state index is 11.5. The van der Waals surface area contributed by atoms with Gasteiger partial charge in [-0.1, -0.05) is 0 Å².